The van der Waals surface area contributed by atoms with Crippen molar-refractivity contribution in [3.63, 3.8) is 0 Å². The van der Waals surface area contributed by atoms with Crippen LogP contribution in [-0.2, 0) is 11.3 Å². The molecule has 1 aromatic carbocycles. The van der Waals surface area contributed by atoms with Crippen molar-refractivity contribution in [1.82, 2.24) is 0 Å². The number of benzene rings is 1. The Labute approximate surface area is 104 Å². The highest BCUT2D eigenvalue weighted by Gasteiger charge is 2.30. The summed E-state index contributed by atoms with van der Waals surface area (Å²) in [5.74, 6) is 0.615. The summed E-state index contributed by atoms with van der Waals surface area (Å²) >= 11 is 3.44. The van der Waals surface area contributed by atoms with Gasteiger partial charge in [0.15, 0.2) is 0 Å². The van der Waals surface area contributed by atoms with E-state index in [2.05, 4.69) is 15.9 Å². The minimum Gasteiger partial charge on any atom is -0.326 e. The highest BCUT2D eigenvalue weighted by molar-refractivity contribution is 9.09. The lowest BCUT2D eigenvalue weighted by atomic mass is 10.1. The van der Waals surface area contributed by atoms with Gasteiger partial charge in [-0.15, -0.1) is 0 Å². The number of amides is 1. The smallest absolute Gasteiger partial charge is 0.227 e. The maximum Gasteiger partial charge on any atom is 0.227 e. The molecule has 1 aromatic rings. The number of hydrogen-bond acceptors (Lipinski definition) is 2. The number of alkyl halides is 1. The maximum absolute atomic E-state index is 11.9. The second kappa shape index (κ2) is 4.97. The van der Waals surface area contributed by atoms with Gasteiger partial charge >= 0.3 is 0 Å². The van der Waals surface area contributed by atoms with E-state index >= 15 is 0 Å². The van der Waals surface area contributed by atoms with Crippen LogP contribution in [0.4, 0.5) is 5.69 Å². The first-order valence-corrected chi connectivity index (χ1v) is 6.52. The van der Waals surface area contributed by atoms with Crippen molar-refractivity contribution in [1.29, 1.82) is 0 Å². The molecule has 0 aliphatic carbocycles. The fraction of sp³-hybridized carbons (Fsp3) is 0.417. The van der Waals surface area contributed by atoms with Crippen molar-refractivity contribution in [3.05, 3.63) is 29.8 Å². The molecule has 4 heteroatoms. The number of hydrogen-bond donors (Lipinski definition) is 1. The molecule has 0 bridgehead atoms. The first kappa shape index (κ1) is 11.6. The van der Waals surface area contributed by atoms with Gasteiger partial charge in [0.25, 0.3) is 0 Å². The van der Waals surface area contributed by atoms with Crippen LogP contribution in [0.5, 0.6) is 0 Å². The van der Waals surface area contributed by atoms with Crippen LogP contribution in [0, 0.1) is 5.92 Å². The first-order valence-electron chi connectivity index (χ1n) is 5.40. The van der Waals surface area contributed by atoms with Crippen molar-refractivity contribution in [2.75, 3.05) is 16.8 Å². The third kappa shape index (κ3) is 2.13. The lowest BCUT2D eigenvalue weighted by molar-refractivity contribution is -0.117. The molecular weight excluding hydrogens is 268 g/mol. The zero-order valence-corrected chi connectivity index (χ0v) is 10.6. The Balaban J connectivity index is 2.27. The summed E-state index contributed by atoms with van der Waals surface area (Å²) in [7, 11) is 0. The molecule has 1 fully saturated rings. The van der Waals surface area contributed by atoms with Gasteiger partial charge in [0.1, 0.15) is 0 Å². The average Bonchev–Trinajstić information content (AvgIpc) is 2.70. The summed E-state index contributed by atoms with van der Waals surface area (Å²) in [6, 6.07) is 7.85. The van der Waals surface area contributed by atoms with Crippen molar-refractivity contribution >= 4 is 27.5 Å². The molecule has 0 saturated carbocycles. The van der Waals surface area contributed by atoms with Gasteiger partial charge in [0, 0.05) is 30.5 Å². The number of nitrogens with two attached hydrogens (primary N) is 1. The van der Waals surface area contributed by atoms with Gasteiger partial charge in [-0.1, -0.05) is 34.1 Å². The molecule has 1 saturated heterocycles. The average molecular weight is 283 g/mol. The second-order valence-corrected chi connectivity index (χ2v) is 4.71. The molecule has 0 spiro atoms. The molecule has 0 aromatic heterocycles. The van der Waals surface area contributed by atoms with Crippen LogP contribution in [-0.4, -0.2) is 17.8 Å². The minimum absolute atomic E-state index is 0.199. The molecular formula is C12H15BrN2O. The van der Waals surface area contributed by atoms with Gasteiger partial charge in [-0.3, -0.25) is 4.79 Å². The summed E-state index contributed by atoms with van der Waals surface area (Å²) in [4.78, 5) is 13.7. The summed E-state index contributed by atoms with van der Waals surface area (Å²) in [5, 5.41) is 0.875. The Kier molecular flexibility index (Phi) is 3.61. The van der Waals surface area contributed by atoms with E-state index in [1.165, 1.54) is 0 Å². The van der Waals surface area contributed by atoms with Gasteiger partial charge < -0.3 is 10.6 Å². The minimum atomic E-state index is 0.199. The molecule has 1 heterocycles. The summed E-state index contributed by atoms with van der Waals surface area (Å²) < 4.78 is 0. The number of carbonyl (C=O) groups is 1. The lowest BCUT2D eigenvalue weighted by Crippen LogP contribution is -2.26. The number of carbonyl (C=O) groups excluding carboxylic acids is 1. The van der Waals surface area contributed by atoms with Crippen LogP contribution in [0.2, 0.25) is 0 Å². The molecule has 0 radical (unpaired) electrons. The zero-order valence-electron chi connectivity index (χ0n) is 9.03. The van der Waals surface area contributed by atoms with Crippen LogP contribution in [0.25, 0.3) is 0 Å². The van der Waals surface area contributed by atoms with Gasteiger partial charge in [-0.2, -0.15) is 0 Å². The van der Waals surface area contributed by atoms with E-state index in [0.29, 0.717) is 18.9 Å². The topological polar surface area (TPSA) is 46.3 Å². The van der Waals surface area contributed by atoms with Crippen molar-refractivity contribution in [2.45, 2.75) is 13.0 Å². The van der Waals surface area contributed by atoms with Crippen LogP contribution < -0.4 is 10.6 Å². The second-order valence-electron chi connectivity index (χ2n) is 4.06. The Morgan fingerprint density at radius 1 is 1.44 bits per heavy atom. The van der Waals surface area contributed by atoms with E-state index < -0.39 is 0 Å². The Morgan fingerprint density at radius 2 is 2.19 bits per heavy atom. The largest absolute Gasteiger partial charge is 0.326 e. The fourth-order valence-corrected chi connectivity index (χ4v) is 2.50. The summed E-state index contributed by atoms with van der Waals surface area (Å²) in [6.45, 7) is 1.26. The normalized spacial score (nSPS) is 20.5. The zero-order chi connectivity index (χ0) is 11.5. The van der Waals surface area contributed by atoms with Gasteiger partial charge in [0.2, 0.25) is 5.91 Å². The summed E-state index contributed by atoms with van der Waals surface area (Å²) in [5.41, 5.74) is 7.69. The maximum atomic E-state index is 11.9. The quantitative estimate of drug-likeness (QED) is 0.861. The molecule has 2 N–H and O–H groups in total. The number of nitrogens with zero attached hydrogens (tertiary/aromatic N) is 1. The van der Waals surface area contributed by atoms with E-state index in [4.69, 9.17) is 5.73 Å². The number of para-hydroxylation sites is 1. The molecule has 16 heavy (non-hydrogen) atoms. The van der Waals surface area contributed by atoms with Gasteiger partial charge in [-0.25, -0.2) is 0 Å². The van der Waals surface area contributed by atoms with Crippen molar-refractivity contribution in [2.24, 2.45) is 11.7 Å². The number of halogens is 1. The predicted octanol–water partition coefficient (Wildman–Crippen LogP) is 1.89. The first-order chi connectivity index (χ1) is 7.76. The third-order valence-corrected chi connectivity index (χ3v) is 3.84. The van der Waals surface area contributed by atoms with Crippen molar-refractivity contribution in [3.8, 4) is 0 Å². The summed E-state index contributed by atoms with van der Waals surface area (Å²) in [6.07, 6.45) is 0.629. The van der Waals surface area contributed by atoms with Crippen LogP contribution >= 0.6 is 15.9 Å². The Morgan fingerprint density at radius 3 is 2.81 bits per heavy atom. The number of anilines is 1. The molecule has 3 nitrogen and oxygen atoms in total. The van der Waals surface area contributed by atoms with Crippen LogP contribution in [0.3, 0.4) is 0 Å². The van der Waals surface area contributed by atoms with Crippen LogP contribution in [0.15, 0.2) is 24.3 Å². The molecule has 1 amide bonds. The predicted molar refractivity (Wildman–Crippen MR) is 68.6 cm³/mol. The highest BCUT2D eigenvalue weighted by Crippen LogP contribution is 2.28. The van der Waals surface area contributed by atoms with E-state index in [-0.39, 0.29) is 5.91 Å². The van der Waals surface area contributed by atoms with Crippen LogP contribution in [0.1, 0.15) is 12.0 Å². The molecule has 86 valence electrons. The number of rotatable bonds is 3. The highest BCUT2D eigenvalue weighted by atomic mass is 79.9. The monoisotopic (exact) mass is 282 g/mol. The van der Waals surface area contributed by atoms with E-state index in [1.54, 1.807) is 0 Å². The Bertz CT molecular complexity index is 394. The molecule has 1 atom stereocenters. The third-order valence-electron chi connectivity index (χ3n) is 2.93. The lowest BCUT2D eigenvalue weighted by Gasteiger charge is -2.19. The van der Waals surface area contributed by atoms with Gasteiger partial charge in [0.05, 0.1) is 0 Å². The standard InChI is InChI=1S/C12H15BrN2O/c13-6-9-5-12(16)15(8-9)11-4-2-1-3-10(11)7-14/h1-4,9H,5-8,14H2. The molecule has 1 aliphatic heterocycles. The Hall–Kier alpha value is -0.870. The van der Waals surface area contributed by atoms with Crippen molar-refractivity contribution < 1.29 is 4.79 Å². The van der Waals surface area contributed by atoms with E-state index in [9.17, 15) is 4.79 Å². The molecule has 1 aliphatic rings. The SMILES string of the molecule is NCc1ccccc1N1CC(CBr)CC1=O. The fourth-order valence-electron chi connectivity index (χ4n) is 2.06. The van der Waals surface area contributed by atoms with Gasteiger partial charge in [-0.05, 0) is 17.5 Å². The van der Waals surface area contributed by atoms with E-state index in [0.717, 1.165) is 23.1 Å². The molecule has 1 unspecified atom stereocenters. The molecule has 2 rings (SSSR count). The van der Waals surface area contributed by atoms with E-state index in [1.807, 2.05) is 29.2 Å².